The minimum absolute atomic E-state index is 0.162. The smallest absolute Gasteiger partial charge is 0.337 e. The summed E-state index contributed by atoms with van der Waals surface area (Å²) in [7, 11) is 0. The lowest BCUT2D eigenvalue weighted by molar-refractivity contribution is 0.0698. The van der Waals surface area contributed by atoms with Crippen LogP contribution >= 0.6 is 0 Å². The number of hydrogen-bond acceptors (Lipinski definition) is 5. The quantitative estimate of drug-likeness (QED) is 0.339. The molecule has 0 aliphatic carbocycles. The molecule has 2 N–H and O–H groups in total. The zero-order valence-electron chi connectivity index (χ0n) is 20.0. The highest BCUT2D eigenvalue weighted by Gasteiger charge is 2.22. The van der Waals surface area contributed by atoms with Crippen LogP contribution in [0.2, 0.25) is 0 Å². The van der Waals surface area contributed by atoms with Crippen molar-refractivity contribution in [3.05, 3.63) is 99.2 Å². The molecule has 6 nitrogen and oxygen atoms in total. The van der Waals surface area contributed by atoms with Gasteiger partial charge in [-0.05, 0) is 63.1 Å². The van der Waals surface area contributed by atoms with Crippen LogP contribution in [0.4, 0.5) is 5.69 Å². The van der Waals surface area contributed by atoms with E-state index < -0.39 is 11.4 Å². The summed E-state index contributed by atoms with van der Waals surface area (Å²) in [4.78, 5) is 24.8. The number of carbonyl (C=O) groups is 1. The Balaban J connectivity index is 1.85. The van der Waals surface area contributed by atoms with Gasteiger partial charge in [0, 0.05) is 22.9 Å². The molecule has 35 heavy (non-hydrogen) atoms. The summed E-state index contributed by atoms with van der Waals surface area (Å²) in [5, 5.41) is 22.8. The molecule has 0 amide bonds. The number of hydrogen-bond donors (Lipinski definition) is 2. The van der Waals surface area contributed by atoms with Gasteiger partial charge in [-0.15, -0.1) is 0 Å². The van der Waals surface area contributed by atoms with Crippen LogP contribution in [0.25, 0.3) is 22.3 Å². The van der Waals surface area contributed by atoms with E-state index in [1.54, 1.807) is 30.3 Å². The number of aryl methyl sites for hydroxylation is 1. The van der Waals surface area contributed by atoms with E-state index in [0.29, 0.717) is 28.0 Å². The van der Waals surface area contributed by atoms with Gasteiger partial charge in [0.1, 0.15) is 11.3 Å². The predicted molar refractivity (Wildman–Crippen MR) is 137 cm³/mol. The van der Waals surface area contributed by atoms with Crippen LogP contribution < -0.4 is 10.7 Å². The number of para-hydroxylation sites is 1. The van der Waals surface area contributed by atoms with Crippen LogP contribution in [0, 0.1) is 18.3 Å². The fourth-order valence-electron chi connectivity index (χ4n) is 4.13. The highest BCUT2D eigenvalue weighted by molar-refractivity contribution is 5.94. The van der Waals surface area contributed by atoms with E-state index in [0.717, 1.165) is 16.7 Å². The number of benzene rings is 3. The Morgan fingerprint density at radius 3 is 2.54 bits per heavy atom. The van der Waals surface area contributed by atoms with Gasteiger partial charge in [-0.3, -0.25) is 4.79 Å². The number of nitrogens with zero attached hydrogens (tertiary/aromatic N) is 1. The molecule has 1 atom stereocenters. The lowest BCUT2D eigenvalue weighted by Gasteiger charge is -2.20. The van der Waals surface area contributed by atoms with Crippen molar-refractivity contribution in [1.82, 2.24) is 0 Å². The zero-order valence-corrected chi connectivity index (χ0v) is 20.0. The highest BCUT2D eigenvalue weighted by Crippen LogP contribution is 2.32. The summed E-state index contributed by atoms with van der Waals surface area (Å²) >= 11 is 0. The Morgan fingerprint density at radius 1 is 1.09 bits per heavy atom. The number of carboxylic acids is 1. The Kier molecular flexibility index (Phi) is 6.19. The lowest BCUT2D eigenvalue weighted by Crippen LogP contribution is -2.14. The van der Waals surface area contributed by atoms with Crippen molar-refractivity contribution >= 4 is 22.6 Å². The second-order valence-corrected chi connectivity index (χ2v) is 9.24. The van der Waals surface area contributed by atoms with Gasteiger partial charge in [0.2, 0.25) is 0 Å². The molecule has 0 bridgehead atoms. The maximum absolute atomic E-state index is 13.1. The molecule has 6 heteroatoms. The van der Waals surface area contributed by atoms with Crippen molar-refractivity contribution in [2.45, 2.75) is 39.2 Å². The van der Waals surface area contributed by atoms with E-state index in [-0.39, 0.29) is 17.0 Å². The number of anilines is 1. The van der Waals surface area contributed by atoms with E-state index in [1.807, 2.05) is 58.0 Å². The summed E-state index contributed by atoms with van der Waals surface area (Å²) in [6, 6.07) is 21.3. The number of nitriles is 1. The average Bonchev–Trinajstić information content (AvgIpc) is 2.84. The first kappa shape index (κ1) is 23.8. The van der Waals surface area contributed by atoms with E-state index in [9.17, 15) is 20.0 Å². The summed E-state index contributed by atoms with van der Waals surface area (Å²) in [5.74, 6) is -0.621. The van der Waals surface area contributed by atoms with Gasteiger partial charge in [0.05, 0.1) is 28.5 Å². The minimum atomic E-state index is -1.02. The minimum Gasteiger partial charge on any atom is -0.478 e. The van der Waals surface area contributed by atoms with Gasteiger partial charge in [0.15, 0.2) is 5.43 Å². The molecule has 0 unspecified atom stereocenters. The molecule has 0 saturated carbocycles. The van der Waals surface area contributed by atoms with Gasteiger partial charge in [-0.2, -0.15) is 5.26 Å². The first-order valence-electron chi connectivity index (χ1n) is 11.3. The largest absolute Gasteiger partial charge is 0.478 e. The fraction of sp³-hybridized carbons (Fsp3) is 0.207. The normalized spacial score (nSPS) is 12.2. The van der Waals surface area contributed by atoms with E-state index in [4.69, 9.17) is 4.42 Å². The molecule has 0 radical (unpaired) electrons. The maximum Gasteiger partial charge on any atom is 0.337 e. The molecule has 176 valence electrons. The van der Waals surface area contributed by atoms with Crippen molar-refractivity contribution in [2.24, 2.45) is 0 Å². The third-order valence-electron chi connectivity index (χ3n) is 6.15. The number of rotatable bonds is 6. The topological polar surface area (TPSA) is 103 Å². The molecule has 0 spiro atoms. The number of aromatic carboxylic acids is 1. The van der Waals surface area contributed by atoms with Crippen molar-refractivity contribution < 1.29 is 14.3 Å². The van der Waals surface area contributed by atoms with E-state index in [1.165, 1.54) is 6.07 Å². The first-order valence-corrected chi connectivity index (χ1v) is 11.3. The maximum atomic E-state index is 13.1. The van der Waals surface area contributed by atoms with Gasteiger partial charge in [0.25, 0.3) is 0 Å². The fourth-order valence-corrected chi connectivity index (χ4v) is 4.13. The van der Waals surface area contributed by atoms with Crippen molar-refractivity contribution in [3.63, 3.8) is 0 Å². The molecule has 0 saturated heterocycles. The highest BCUT2D eigenvalue weighted by atomic mass is 16.4. The van der Waals surface area contributed by atoms with Crippen molar-refractivity contribution in [3.8, 4) is 17.4 Å². The molecule has 1 aromatic heterocycles. The summed E-state index contributed by atoms with van der Waals surface area (Å²) in [6.07, 6.45) is 0. The third-order valence-corrected chi connectivity index (χ3v) is 6.15. The van der Waals surface area contributed by atoms with Gasteiger partial charge >= 0.3 is 5.97 Å². The van der Waals surface area contributed by atoms with E-state index >= 15 is 0 Å². The molecule has 4 rings (SSSR count). The molecule has 4 aromatic rings. The van der Waals surface area contributed by atoms with Crippen LogP contribution in [-0.4, -0.2) is 11.1 Å². The summed E-state index contributed by atoms with van der Waals surface area (Å²) in [6.45, 7) is 7.48. The summed E-state index contributed by atoms with van der Waals surface area (Å²) in [5.41, 5.74) is 3.38. The second kappa shape index (κ2) is 9.11. The monoisotopic (exact) mass is 466 g/mol. The average molecular weight is 467 g/mol. The van der Waals surface area contributed by atoms with Gasteiger partial charge in [-0.1, -0.05) is 36.4 Å². The Morgan fingerprint density at radius 2 is 1.83 bits per heavy atom. The zero-order chi connectivity index (χ0) is 25.3. The summed E-state index contributed by atoms with van der Waals surface area (Å²) < 4.78 is 6.31. The SMILES string of the molecule is Cc1cc([C@@H](C)Nc2ccccc2C(=O)O)c2oc(-c3cccc(C(C)(C)C#N)c3)cc(=O)c2c1. The van der Waals surface area contributed by atoms with E-state index in [2.05, 4.69) is 11.4 Å². The molecule has 1 heterocycles. The van der Waals surface area contributed by atoms with Crippen molar-refractivity contribution in [1.29, 1.82) is 5.26 Å². The number of nitrogens with one attached hydrogen (secondary N) is 1. The van der Waals surface area contributed by atoms with Crippen LogP contribution in [0.15, 0.2) is 75.9 Å². The molecule has 0 fully saturated rings. The molecule has 3 aromatic carbocycles. The van der Waals surface area contributed by atoms with Gasteiger partial charge < -0.3 is 14.8 Å². The van der Waals surface area contributed by atoms with Crippen LogP contribution in [0.5, 0.6) is 0 Å². The lowest BCUT2D eigenvalue weighted by atomic mass is 9.85. The second-order valence-electron chi connectivity index (χ2n) is 9.24. The number of carboxylic acid groups (broad SMARTS) is 1. The van der Waals surface area contributed by atoms with Crippen LogP contribution in [0.1, 0.15) is 53.9 Å². The molecule has 0 aliphatic rings. The third kappa shape index (κ3) is 4.67. The van der Waals surface area contributed by atoms with Crippen molar-refractivity contribution in [2.75, 3.05) is 5.32 Å². The Bertz CT molecular complexity index is 1540. The Hall–Kier alpha value is -4.37. The first-order chi connectivity index (χ1) is 16.6. The van der Waals surface area contributed by atoms with Crippen LogP contribution in [-0.2, 0) is 5.41 Å². The molecular formula is C29H26N2O4. The number of fused-ring (bicyclic) bond motifs is 1. The van der Waals surface area contributed by atoms with Crippen LogP contribution in [0.3, 0.4) is 0 Å². The molecule has 0 aliphatic heterocycles. The molecular weight excluding hydrogens is 440 g/mol. The Labute approximate surface area is 203 Å². The van der Waals surface area contributed by atoms with Gasteiger partial charge in [-0.25, -0.2) is 4.79 Å². The standard InChI is InChI=1S/C29H26N2O4/c1-17-12-22(18(2)31-24-11-6-5-10-21(24)28(33)34)27-23(13-17)25(32)15-26(35-27)19-8-7-9-20(14-19)29(3,4)16-30/h5-15,18,31H,1-4H3,(H,33,34)/t18-/m1/s1. The predicted octanol–water partition coefficient (Wildman–Crippen LogP) is 6.44.